The van der Waals surface area contributed by atoms with Crippen molar-refractivity contribution in [3.63, 3.8) is 0 Å². The molecule has 5 heteroatoms. The van der Waals surface area contributed by atoms with Crippen molar-refractivity contribution in [2.24, 2.45) is 0 Å². The van der Waals surface area contributed by atoms with E-state index in [0.717, 1.165) is 11.8 Å². The summed E-state index contributed by atoms with van der Waals surface area (Å²) < 4.78 is 10.5. The Labute approximate surface area is 109 Å². The smallest absolute Gasteiger partial charge is 0.231 e. The summed E-state index contributed by atoms with van der Waals surface area (Å²) in [5.74, 6) is 1.81. The first-order valence-electron chi connectivity index (χ1n) is 5.39. The minimum absolute atomic E-state index is 0.0703. The van der Waals surface area contributed by atoms with Crippen molar-refractivity contribution in [1.82, 2.24) is 0 Å². The van der Waals surface area contributed by atoms with Crippen molar-refractivity contribution in [2.75, 3.05) is 12.5 Å². The van der Waals surface area contributed by atoms with Gasteiger partial charge in [0.15, 0.2) is 22.9 Å². The summed E-state index contributed by atoms with van der Waals surface area (Å²) in [6.45, 7) is 1.71. The quantitative estimate of drug-likeness (QED) is 0.782. The Morgan fingerprint density at radius 2 is 2.00 bits per heavy atom. The van der Waals surface area contributed by atoms with E-state index in [1.54, 1.807) is 12.1 Å². The standard InChI is InChI=1S/C13H12O4S/c1-9(15)18-4-2-3-10-5-12-13(17-8-16-12)6-11(10)7-14/h2-3,5-7H,4,8H2,1H3. The van der Waals surface area contributed by atoms with Gasteiger partial charge in [0.25, 0.3) is 0 Å². The summed E-state index contributed by atoms with van der Waals surface area (Å²) in [6, 6.07) is 3.42. The molecule has 0 N–H and O–H groups in total. The second kappa shape index (κ2) is 5.73. The third-order valence-corrected chi connectivity index (χ3v) is 3.15. The van der Waals surface area contributed by atoms with Gasteiger partial charge in [-0.1, -0.05) is 23.9 Å². The van der Waals surface area contributed by atoms with Gasteiger partial charge in [0.1, 0.15) is 0 Å². The molecule has 0 aromatic heterocycles. The number of thioether (sulfide) groups is 1. The van der Waals surface area contributed by atoms with Gasteiger partial charge in [-0.2, -0.15) is 0 Å². The van der Waals surface area contributed by atoms with Gasteiger partial charge in [-0.05, 0) is 17.7 Å². The van der Waals surface area contributed by atoms with Crippen LogP contribution in [0.15, 0.2) is 18.2 Å². The molecule has 0 radical (unpaired) electrons. The van der Waals surface area contributed by atoms with Crippen molar-refractivity contribution in [1.29, 1.82) is 0 Å². The first kappa shape index (κ1) is 12.7. The number of carbonyl (C=O) groups is 2. The summed E-state index contributed by atoms with van der Waals surface area (Å²) in [4.78, 5) is 21.7. The highest BCUT2D eigenvalue weighted by atomic mass is 32.2. The molecule has 0 bridgehead atoms. The molecule has 0 spiro atoms. The monoisotopic (exact) mass is 264 g/mol. The van der Waals surface area contributed by atoms with Crippen LogP contribution in [0.2, 0.25) is 0 Å². The van der Waals surface area contributed by atoms with Gasteiger partial charge in [-0.3, -0.25) is 9.59 Å². The number of ether oxygens (including phenoxy) is 2. The lowest BCUT2D eigenvalue weighted by atomic mass is 10.1. The fourth-order valence-electron chi connectivity index (χ4n) is 1.56. The molecule has 1 aliphatic rings. The zero-order valence-corrected chi connectivity index (χ0v) is 10.7. The highest BCUT2D eigenvalue weighted by Gasteiger charge is 2.15. The maximum atomic E-state index is 11.0. The van der Waals surface area contributed by atoms with Crippen molar-refractivity contribution in [3.05, 3.63) is 29.3 Å². The molecule has 0 fully saturated rings. The van der Waals surface area contributed by atoms with Crippen LogP contribution in [0.5, 0.6) is 11.5 Å². The van der Waals surface area contributed by atoms with Gasteiger partial charge >= 0.3 is 0 Å². The summed E-state index contributed by atoms with van der Waals surface area (Å²) in [7, 11) is 0. The van der Waals surface area contributed by atoms with E-state index in [-0.39, 0.29) is 11.9 Å². The minimum atomic E-state index is 0.0703. The van der Waals surface area contributed by atoms with E-state index in [9.17, 15) is 9.59 Å². The van der Waals surface area contributed by atoms with E-state index in [4.69, 9.17) is 9.47 Å². The lowest BCUT2D eigenvalue weighted by Crippen LogP contribution is -1.92. The van der Waals surface area contributed by atoms with Crippen molar-refractivity contribution < 1.29 is 19.1 Å². The predicted molar refractivity (Wildman–Crippen MR) is 70.1 cm³/mol. The molecule has 0 saturated carbocycles. The third-order valence-electron chi connectivity index (χ3n) is 2.39. The number of fused-ring (bicyclic) bond motifs is 1. The fraction of sp³-hybridized carbons (Fsp3) is 0.231. The first-order chi connectivity index (χ1) is 8.70. The second-order valence-corrected chi connectivity index (χ2v) is 4.85. The number of hydrogen-bond acceptors (Lipinski definition) is 5. The van der Waals surface area contributed by atoms with Crippen LogP contribution in [0.3, 0.4) is 0 Å². The molecule has 18 heavy (non-hydrogen) atoms. The lowest BCUT2D eigenvalue weighted by molar-refractivity contribution is -0.109. The number of rotatable bonds is 4. The maximum Gasteiger partial charge on any atom is 0.231 e. The maximum absolute atomic E-state index is 11.0. The van der Waals surface area contributed by atoms with E-state index >= 15 is 0 Å². The minimum Gasteiger partial charge on any atom is -0.454 e. The zero-order chi connectivity index (χ0) is 13.0. The molecule has 1 aromatic carbocycles. The number of benzene rings is 1. The van der Waals surface area contributed by atoms with E-state index in [0.29, 0.717) is 22.8 Å². The Kier molecular flexibility index (Phi) is 4.04. The molecule has 0 unspecified atom stereocenters. The molecular weight excluding hydrogens is 252 g/mol. The lowest BCUT2D eigenvalue weighted by Gasteiger charge is -2.02. The molecule has 1 aliphatic heterocycles. The third kappa shape index (κ3) is 2.92. The largest absolute Gasteiger partial charge is 0.454 e. The Balaban J connectivity index is 2.16. The molecule has 1 heterocycles. The Morgan fingerprint density at radius 1 is 1.33 bits per heavy atom. The van der Waals surface area contributed by atoms with E-state index < -0.39 is 0 Å². The molecular formula is C13H12O4S. The van der Waals surface area contributed by atoms with Gasteiger partial charge in [0, 0.05) is 18.2 Å². The summed E-state index contributed by atoms with van der Waals surface area (Å²) in [6.07, 6.45) is 4.43. The van der Waals surface area contributed by atoms with E-state index in [2.05, 4.69) is 0 Å². The average molecular weight is 264 g/mol. The number of aldehydes is 1. The zero-order valence-electron chi connectivity index (χ0n) is 9.84. The van der Waals surface area contributed by atoms with Gasteiger partial charge in [-0.25, -0.2) is 0 Å². The summed E-state index contributed by atoms with van der Waals surface area (Å²) in [5.41, 5.74) is 1.31. The molecule has 0 saturated heterocycles. The molecule has 1 aromatic rings. The molecule has 0 atom stereocenters. The summed E-state index contributed by atoms with van der Waals surface area (Å²) in [5, 5.41) is 0.0703. The normalized spacial score (nSPS) is 12.9. The average Bonchev–Trinajstić information content (AvgIpc) is 2.80. The predicted octanol–water partition coefficient (Wildman–Crippen LogP) is 2.52. The van der Waals surface area contributed by atoms with Crippen LogP contribution in [0.25, 0.3) is 6.08 Å². The van der Waals surface area contributed by atoms with Crippen LogP contribution < -0.4 is 9.47 Å². The van der Waals surface area contributed by atoms with Gasteiger partial charge in [0.05, 0.1) is 0 Å². The molecule has 94 valence electrons. The van der Waals surface area contributed by atoms with Gasteiger partial charge < -0.3 is 9.47 Å². The van der Waals surface area contributed by atoms with Gasteiger partial charge in [0.2, 0.25) is 6.79 Å². The van der Waals surface area contributed by atoms with Crippen molar-refractivity contribution in [3.8, 4) is 11.5 Å². The van der Waals surface area contributed by atoms with E-state index in [1.807, 2.05) is 12.2 Å². The SMILES string of the molecule is CC(=O)SCC=Cc1cc2c(cc1C=O)OCO2. The van der Waals surface area contributed by atoms with Crippen LogP contribution in [-0.2, 0) is 4.79 Å². The van der Waals surface area contributed by atoms with Gasteiger partial charge in [-0.15, -0.1) is 0 Å². The highest BCUT2D eigenvalue weighted by Crippen LogP contribution is 2.34. The Bertz CT molecular complexity index is 508. The molecule has 2 rings (SSSR count). The van der Waals surface area contributed by atoms with Crippen molar-refractivity contribution >= 4 is 29.2 Å². The van der Waals surface area contributed by atoms with Crippen molar-refractivity contribution in [2.45, 2.75) is 6.92 Å². The highest BCUT2D eigenvalue weighted by molar-refractivity contribution is 8.13. The molecule has 0 amide bonds. The van der Waals surface area contributed by atoms with E-state index in [1.165, 1.54) is 18.7 Å². The van der Waals surface area contributed by atoms with Crippen LogP contribution in [0.4, 0.5) is 0 Å². The summed E-state index contributed by atoms with van der Waals surface area (Å²) >= 11 is 1.22. The molecule has 4 nitrogen and oxygen atoms in total. The Hall–Kier alpha value is -1.75. The number of carbonyl (C=O) groups excluding carboxylic acids is 2. The van der Waals surface area contributed by atoms with Crippen LogP contribution in [0.1, 0.15) is 22.8 Å². The van der Waals surface area contributed by atoms with Crippen LogP contribution in [0, 0.1) is 0 Å². The van der Waals surface area contributed by atoms with Crippen LogP contribution in [-0.4, -0.2) is 23.9 Å². The molecule has 0 aliphatic carbocycles. The fourth-order valence-corrected chi connectivity index (χ4v) is 1.99. The number of hydrogen-bond donors (Lipinski definition) is 0. The van der Waals surface area contributed by atoms with Crippen LogP contribution >= 0.6 is 11.8 Å². The Morgan fingerprint density at radius 3 is 2.61 bits per heavy atom. The topological polar surface area (TPSA) is 52.6 Å². The first-order valence-corrected chi connectivity index (χ1v) is 6.38. The second-order valence-electron chi connectivity index (χ2n) is 3.66.